The molecule has 0 aromatic heterocycles. The van der Waals surface area contributed by atoms with Gasteiger partial charge in [0.15, 0.2) is 6.61 Å². The van der Waals surface area contributed by atoms with Gasteiger partial charge in [-0.25, -0.2) is 5.43 Å². The van der Waals surface area contributed by atoms with Gasteiger partial charge in [-0.1, -0.05) is 29.3 Å². The highest BCUT2D eigenvalue weighted by Gasteiger charge is 2.10. The van der Waals surface area contributed by atoms with Gasteiger partial charge >= 0.3 is 11.8 Å². The Morgan fingerprint density at radius 1 is 1.07 bits per heavy atom. The van der Waals surface area contributed by atoms with Crippen molar-refractivity contribution in [3.8, 4) is 5.75 Å². The van der Waals surface area contributed by atoms with Crippen LogP contribution in [0.3, 0.4) is 0 Å². The summed E-state index contributed by atoms with van der Waals surface area (Å²) >= 11 is 11.9. The number of carbonyl (C=O) groups excluding carboxylic acids is 3. The summed E-state index contributed by atoms with van der Waals surface area (Å²) in [5.74, 6) is -1.55. The minimum atomic E-state index is -0.853. The van der Waals surface area contributed by atoms with Gasteiger partial charge in [-0.2, -0.15) is 5.10 Å². The second-order valence-corrected chi connectivity index (χ2v) is 6.35. The largest absolute Gasteiger partial charge is 0.484 e. The number of amides is 3. The molecule has 0 aliphatic carbocycles. The normalized spacial score (nSPS) is 10.4. The first-order valence-corrected chi connectivity index (χ1v) is 9.24. The third-order valence-electron chi connectivity index (χ3n) is 3.40. The van der Waals surface area contributed by atoms with Crippen LogP contribution in [0, 0.1) is 0 Å². The first-order valence-electron chi connectivity index (χ1n) is 8.48. The molecule has 3 N–H and O–H groups in total. The number of ether oxygens (including phenoxy) is 1. The summed E-state index contributed by atoms with van der Waals surface area (Å²) in [4.78, 5) is 34.6. The predicted molar refractivity (Wildman–Crippen MR) is 111 cm³/mol. The molecule has 2 rings (SSSR count). The fraction of sp³-hybridized carbons (Fsp3) is 0.158. The molecule has 0 spiro atoms. The molecule has 3 amide bonds. The van der Waals surface area contributed by atoms with Crippen LogP contribution >= 0.6 is 23.2 Å². The van der Waals surface area contributed by atoms with Gasteiger partial charge in [-0.3, -0.25) is 14.4 Å². The van der Waals surface area contributed by atoms with Gasteiger partial charge in [-0.15, -0.1) is 0 Å². The van der Waals surface area contributed by atoms with Gasteiger partial charge in [0.1, 0.15) is 5.75 Å². The maximum Gasteiger partial charge on any atom is 0.329 e. The molecule has 0 bridgehead atoms. The molecule has 0 unspecified atom stereocenters. The summed E-state index contributed by atoms with van der Waals surface area (Å²) < 4.78 is 5.41. The molecule has 152 valence electrons. The topological polar surface area (TPSA) is 109 Å². The van der Waals surface area contributed by atoms with Crippen molar-refractivity contribution in [1.29, 1.82) is 0 Å². The van der Waals surface area contributed by atoms with Crippen LogP contribution in [-0.2, 0) is 14.4 Å². The average Bonchev–Trinajstić information content (AvgIpc) is 2.71. The molecule has 29 heavy (non-hydrogen) atoms. The first-order chi connectivity index (χ1) is 13.9. The van der Waals surface area contributed by atoms with Crippen molar-refractivity contribution in [2.75, 3.05) is 18.5 Å². The molecular weight excluding hydrogens is 419 g/mol. The summed E-state index contributed by atoms with van der Waals surface area (Å²) in [6.07, 6.45) is 1.37. The lowest BCUT2D eigenvalue weighted by Gasteiger charge is -2.09. The van der Waals surface area contributed by atoms with Gasteiger partial charge in [0, 0.05) is 6.54 Å². The van der Waals surface area contributed by atoms with Gasteiger partial charge in [-0.05, 0) is 48.9 Å². The molecule has 0 aliphatic heterocycles. The number of benzene rings is 2. The number of hydrogen-bond donors (Lipinski definition) is 3. The number of nitrogens with zero attached hydrogens (tertiary/aromatic N) is 1. The summed E-state index contributed by atoms with van der Waals surface area (Å²) in [6, 6.07) is 11.5. The monoisotopic (exact) mass is 436 g/mol. The fourth-order valence-electron chi connectivity index (χ4n) is 2.04. The minimum absolute atomic E-state index is 0.223. The van der Waals surface area contributed by atoms with E-state index in [1.165, 1.54) is 6.21 Å². The summed E-state index contributed by atoms with van der Waals surface area (Å²) in [6.45, 7) is 1.83. The third-order valence-corrected chi connectivity index (χ3v) is 4.22. The van der Waals surface area contributed by atoms with E-state index in [4.69, 9.17) is 27.9 Å². The first kappa shape index (κ1) is 22.2. The molecule has 0 radical (unpaired) electrons. The number of nitrogens with one attached hydrogen (secondary N) is 3. The van der Waals surface area contributed by atoms with Crippen LogP contribution in [0.1, 0.15) is 12.5 Å². The van der Waals surface area contributed by atoms with E-state index >= 15 is 0 Å². The Balaban J connectivity index is 1.82. The van der Waals surface area contributed by atoms with Crippen LogP contribution in [0.4, 0.5) is 5.69 Å². The molecule has 0 saturated carbocycles. The van der Waals surface area contributed by atoms with Crippen LogP contribution in [0.5, 0.6) is 5.75 Å². The molecule has 10 heteroatoms. The second kappa shape index (κ2) is 11.0. The van der Waals surface area contributed by atoms with Gasteiger partial charge in [0.05, 0.1) is 21.9 Å². The van der Waals surface area contributed by atoms with E-state index in [1.807, 2.05) is 0 Å². The molecule has 0 saturated heterocycles. The Morgan fingerprint density at radius 3 is 2.48 bits per heavy atom. The second-order valence-electron chi connectivity index (χ2n) is 5.57. The van der Waals surface area contributed by atoms with E-state index in [0.29, 0.717) is 28.6 Å². The van der Waals surface area contributed by atoms with E-state index in [1.54, 1.807) is 49.4 Å². The van der Waals surface area contributed by atoms with E-state index in [-0.39, 0.29) is 11.6 Å². The lowest BCUT2D eigenvalue weighted by molar-refractivity contribution is -0.139. The van der Waals surface area contributed by atoms with Crippen LogP contribution in [-0.4, -0.2) is 37.1 Å². The SMILES string of the molecule is CCNC(=O)C(=O)N/N=C\c1ccc(OCC(=O)Nc2cccc(Cl)c2Cl)cc1. The highest BCUT2D eigenvalue weighted by Crippen LogP contribution is 2.29. The van der Waals surface area contributed by atoms with E-state index in [2.05, 4.69) is 21.2 Å². The van der Waals surface area contributed by atoms with Crippen LogP contribution in [0.2, 0.25) is 10.0 Å². The maximum atomic E-state index is 12.0. The molecule has 0 aliphatic rings. The molecule has 8 nitrogen and oxygen atoms in total. The molecular formula is C19H18Cl2N4O4. The van der Waals surface area contributed by atoms with E-state index in [0.717, 1.165) is 0 Å². The Morgan fingerprint density at radius 2 is 1.79 bits per heavy atom. The van der Waals surface area contributed by atoms with Crippen LogP contribution in [0.25, 0.3) is 0 Å². The predicted octanol–water partition coefficient (Wildman–Crippen LogP) is 2.60. The Kier molecular flexibility index (Phi) is 8.45. The number of likely N-dealkylation sites (N-methyl/N-ethyl adjacent to an activating group) is 1. The highest BCUT2D eigenvalue weighted by atomic mass is 35.5. The zero-order valence-electron chi connectivity index (χ0n) is 15.4. The third kappa shape index (κ3) is 7.10. The lowest BCUT2D eigenvalue weighted by atomic mass is 10.2. The van der Waals surface area contributed by atoms with Gasteiger partial charge in [0.25, 0.3) is 5.91 Å². The Hall–Kier alpha value is -3.10. The number of carbonyl (C=O) groups is 3. The fourth-order valence-corrected chi connectivity index (χ4v) is 2.39. The minimum Gasteiger partial charge on any atom is -0.484 e. The standard InChI is InChI=1S/C19H18Cl2N4O4/c1-2-22-18(27)19(28)25-23-10-12-6-8-13(9-7-12)29-11-16(26)24-15-5-3-4-14(20)17(15)21/h3-10H,2,11H2,1H3,(H,22,27)(H,24,26)(H,25,28)/b23-10-. The zero-order chi connectivity index (χ0) is 21.2. The van der Waals surface area contributed by atoms with Crippen LogP contribution < -0.4 is 20.8 Å². The van der Waals surface area contributed by atoms with Crippen LogP contribution in [0.15, 0.2) is 47.6 Å². The molecule has 0 heterocycles. The molecule has 2 aromatic carbocycles. The van der Waals surface area contributed by atoms with Crippen molar-refractivity contribution in [2.45, 2.75) is 6.92 Å². The number of hydrazone groups is 1. The number of rotatable bonds is 7. The Bertz CT molecular complexity index is 917. The van der Waals surface area contributed by atoms with Crippen molar-refractivity contribution < 1.29 is 19.1 Å². The van der Waals surface area contributed by atoms with Gasteiger partial charge in [0.2, 0.25) is 0 Å². The smallest absolute Gasteiger partial charge is 0.329 e. The van der Waals surface area contributed by atoms with Crippen molar-refractivity contribution in [1.82, 2.24) is 10.7 Å². The zero-order valence-corrected chi connectivity index (χ0v) is 16.9. The Labute approximate surface area is 177 Å². The number of halogens is 2. The number of anilines is 1. The van der Waals surface area contributed by atoms with Crippen molar-refractivity contribution in [3.05, 3.63) is 58.1 Å². The maximum absolute atomic E-state index is 12.0. The highest BCUT2D eigenvalue weighted by molar-refractivity contribution is 6.44. The average molecular weight is 437 g/mol. The molecule has 0 fully saturated rings. The summed E-state index contributed by atoms with van der Waals surface area (Å²) in [7, 11) is 0. The van der Waals surface area contributed by atoms with Crippen molar-refractivity contribution in [3.63, 3.8) is 0 Å². The quantitative estimate of drug-likeness (QED) is 0.352. The van der Waals surface area contributed by atoms with E-state index < -0.39 is 17.7 Å². The number of hydrogen-bond acceptors (Lipinski definition) is 5. The summed E-state index contributed by atoms with van der Waals surface area (Å²) in [5, 5.41) is 9.26. The lowest BCUT2D eigenvalue weighted by Crippen LogP contribution is -2.37. The van der Waals surface area contributed by atoms with Crippen molar-refractivity contribution >= 4 is 52.8 Å². The summed E-state index contributed by atoms with van der Waals surface area (Å²) in [5.41, 5.74) is 3.17. The van der Waals surface area contributed by atoms with Gasteiger partial charge < -0.3 is 15.4 Å². The molecule has 0 atom stereocenters. The van der Waals surface area contributed by atoms with Crippen molar-refractivity contribution in [2.24, 2.45) is 5.10 Å². The van der Waals surface area contributed by atoms with E-state index in [9.17, 15) is 14.4 Å². The molecule has 2 aromatic rings.